The number of phenols is 1. The fourth-order valence-corrected chi connectivity index (χ4v) is 2.08. The molecule has 0 aromatic heterocycles. The Kier molecular flexibility index (Phi) is 2.76. The minimum Gasteiger partial charge on any atom is -0.504 e. The highest BCUT2D eigenvalue weighted by Gasteiger charge is 2.23. The van der Waals surface area contributed by atoms with Gasteiger partial charge in [0.05, 0.1) is 6.21 Å². The molecular weight excluding hydrogens is 244 g/mol. The van der Waals surface area contributed by atoms with Crippen LogP contribution in [-0.4, -0.2) is 26.3 Å². The van der Waals surface area contributed by atoms with Crippen LogP contribution in [0.25, 0.3) is 0 Å². The van der Waals surface area contributed by atoms with E-state index in [0.717, 1.165) is 6.21 Å². The Bertz CT molecular complexity index is 604. The largest absolute Gasteiger partial charge is 0.504 e. The number of ether oxygens (including phenoxy) is 1. The monoisotopic (exact) mass is 254 g/mol. The second-order valence-electron chi connectivity index (χ2n) is 3.36. The Morgan fingerprint density at radius 2 is 2.06 bits per heavy atom. The van der Waals surface area contributed by atoms with Gasteiger partial charge in [0.1, 0.15) is 6.61 Å². The fourth-order valence-electron chi connectivity index (χ4n) is 1.26. The molecule has 0 radical (unpaired) electrons. The molecule has 1 aliphatic heterocycles. The third-order valence-electron chi connectivity index (χ3n) is 2.19. The van der Waals surface area contributed by atoms with Crippen molar-refractivity contribution in [3.63, 3.8) is 0 Å². The number of rotatable bonds is 3. The number of nitrogens with zero attached hydrogens (tertiary/aromatic N) is 1. The lowest BCUT2D eigenvalue weighted by Gasteiger charge is -2.07. The maximum atomic E-state index is 11.2. The molecule has 1 aromatic rings. The Morgan fingerprint density at radius 1 is 1.35 bits per heavy atom. The van der Waals surface area contributed by atoms with Crippen LogP contribution < -0.4 is 10.5 Å². The zero-order valence-electron chi connectivity index (χ0n) is 8.70. The van der Waals surface area contributed by atoms with Crippen LogP contribution in [-0.2, 0) is 10.0 Å². The Morgan fingerprint density at radius 3 is 2.65 bits per heavy atom. The highest BCUT2D eigenvalue weighted by atomic mass is 32.2. The Labute approximate surface area is 98.1 Å². The van der Waals surface area contributed by atoms with Crippen molar-refractivity contribution in [2.45, 2.75) is 0 Å². The van der Waals surface area contributed by atoms with Crippen molar-refractivity contribution < 1.29 is 18.3 Å². The normalized spacial score (nSPS) is 17.4. The van der Waals surface area contributed by atoms with E-state index in [2.05, 4.69) is 4.40 Å². The van der Waals surface area contributed by atoms with E-state index in [1.54, 1.807) is 18.2 Å². The molecule has 7 heteroatoms. The molecule has 17 heavy (non-hydrogen) atoms. The first-order valence-corrected chi connectivity index (χ1v) is 6.14. The number of sulfonamides is 1. The van der Waals surface area contributed by atoms with Crippen molar-refractivity contribution in [2.75, 3.05) is 6.61 Å². The third-order valence-corrected chi connectivity index (χ3v) is 3.39. The van der Waals surface area contributed by atoms with Gasteiger partial charge in [-0.3, -0.25) is 0 Å². The van der Waals surface area contributed by atoms with Gasteiger partial charge in [0, 0.05) is 5.57 Å². The molecule has 0 amide bonds. The maximum absolute atomic E-state index is 11.2. The van der Waals surface area contributed by atoms with Gasteiger partial charge in [-0.05, 0) is 12.1 Å². The number of aromatic hydroxyl groups is 1. The molecule has 1 aliphatic rings. The van der Waals surface area contributed by atoms with Crippen LogP contribution >= 0.6 is 0 Å². The topological polar surface area (TPSA) is 102 Å². The Hall–Kier alpha value is -2.02. The van der Waals surface area contributed by atoms with Gasteiger partial charge in [-0.2, -0.15) is 12.8 Å². The van der Waals surface area contributed by atoms with Crippen molar-refractivity contribution >= 4 is 16.2 Å². The number of para-hydroxylation sites is 2. The van der Waals surface area contributed by atoms with Gasteiger partial charge in [0.25, 0.3) is 10.0 Å². The molecular formula is C10H10N2O4S. The van der Waals surface area contributed by atoms with Crippen LogP contribution in [0.5, 0.6) is 11.5 Å². The van der Waals surface area contributed by atoms with Gasteiger partial charge >= 0.3 is 0 Å². The van der Waals surface area contributed by atoms with E-state index < -0.39 is 10.0 Å². The van der Waals surface area contributed by atoms with E-state index in [4.69, 9.17) is 10.5 Å². The number of phenolic OH excluding ortho intramolecular Hbond substituents is 1. The van der Waals surface area contributed by atoms with E-state index in [1.807, 2.05) is 0 Å². The zero-order valence-corrected chi connectivity index (χ0v) is 9.52. The molecule has 0 spiro atoms. The van der Waals surface area contributed by atoms with Crippen LogP contribution in [0, 0.1) is 0 Å². The minimum atomic E-state index is -3.70. The molecule has 1 aromatic carbocycles. The number of benzene rings is 1. The predicted molar refractivity (Wildman–Crippen MR) is 62.2 cm³/mol. The lowest BCUT2D eigenvalue weighted by Crippen LogP contribution is -2.11. The average Bonchev–Trinajstić information content (AvgIpc) is 2.54. The van der Waals surface area contributed by atoms with Gasteiger partial charge in [-0.1, -0.05) is 12.1 Å². The summed E-state index contributed by atoms with van der Waals surface area (Å²) in [4.78, 5) is 0. The summed E-state index contributed by atoms with van der Waals surface area (Å²) < 4.78 is 30.8. The van der Waals surface area contributed by atoms with Crippen molar-refractivity contribution in [2.24, 2.45) is 10.1 Å². The summed E-state index contributed by atoms with van der Waals surface area (Å²) in [5.41, 5.74) is 5.65. The summed E-state index contributed by atoms with van der Waals surface area (Å²) in [6.45, 7) is -0.0634. The molecule has 0 atom stereocenters. The van der Waals surface area contributed by atoms with E-state index in [-0.39, 0.29) is 28.7 Å². The summed E-state index contributed by atoms with van der Waals surface area (Å²) in [5.74, 6) is 0.231. The van der Waals surface area contributed by atoms with Crippen molar-refractivity contribution in [3.05, 3.63) is 34.9 Å². The number of nitrogens with two attached hydrogens (primary N) is 1. The van der Waals surface area contributed by atoms with E-state index in [1.165, 1.54) is 6.07 Å². The molecule has 0 saturated heterocycles. The van der Waals surface area contributed by atoms with Crippen LogP contribution in [0.15, 0.2) is 39.3 Å². The average molecular weight is 254 g/mol. The van der Waals surface area contributed by atoms with Gasteiger partial charge in [-0.25, -0.2) is 0 Å². The van der Waals surface area contributed by atoms with Crippen LogP contribution in [0.4, 0.5) is 0 Å². The summed E-state index contributed by atoms with van der Waals surface area (Å²) in [6.07, 6.45) is 1.14. The van der Waals surface area contributed by atoms with Gasteiger partial charge in [-0.15, -0.1) is 0 Å². The molecule has 6 nitrogen and oxygen atoms in total. The van der Waals surface area contributed by atoms with Crippen molar-refractivity contribution in [1.29, 1.82) is 0 Å². The second kappa shape index (κ2) is 4.10. The van der Waals surface area contributed by atoms with Gasteiger partial charge in [0.2, 0.25) is 0 Å². The standard InChI is InChI=1S/C10H10N2O4S/c11-10-7(5-12-17(10,14)15)6-16-9-4-2-1-3-8(9)13/h1-5,13H,6,11H2. The Balaban J connectivity index is 2.14. The first-order chi connectivity index (χ1) is 8.00. The second-order valence-corrected chi connectivity index (χ2v) is 4.96. The van der Waals surface area contributed by atoms with Gasteiger partial charge < -0.3 is 15.6 Å². The number of hydrogen-bond acceptors (Lipinski definition) is 5. The molecule has 0 aliphatic carbocycles. The first-order valence-electron chi connectivity index (χ1n) is 4.70. The van der Waals surface area contributed by atoms with Crippen molar-refractivity contribution in [1.82, 2.24) is 0 Å². The number of hydrogen-bond donors (Lipinski definition) is 2. The first kappa shape index (κ1) is 11.5. The smallest absolute Gasteiger partial charge is 0.297 e. The van der Waals surface area contributed by atoms with Crippen LogP contribution in [0.3, 0.4) is 0 Å². The van der Waals surface area contributed by atoms with E-state index in [9.17, 15) is 13.5 Å². The zero-order chi connectivity index (χ0) is 12.5. The molecule has 3 N–H and O–H groups in total. The molecule has 90 valence electrons. The molecule has 1 heterocycles. The summed E-state index contributed by atoms with van der Waals surface area (Å²) >= 11 is 0. The molecule has 0 saturated carbocycles. The minimum absolute atomic E-state index is 0.0236. The predicted octanol–water partition coefficient (Wildman–Crippen LogP) is 0.356. The molecule has 0 bridgehead atoms. The maximum Gasteiger partial charge on any atom is 0.297 e. The summed E-state index contributed by atoms with van der Waals surface area (Å²) in [7, 11) is -3.70. The van der Waals surface area contributed by atoms with E-state index >= 15 is 0 Å². The lowest BCUT2D eigenvalue weighted by molar-refractivity contribution is 0.332. The lowest BCUT2D eigenvalue weighted by atomic mass is 10.3. The SMILES string of the molecule is NC1=C(COc2ccccc2O)C=NS1(=O)=O. The highest BCUT2D eigenvalue weighted by Crippen LogP contribution is 2.25. The quantitative estimate of drug-likeness (QED) is 0.810. The molecule has 0 unspecified atom stereocenters. The third kappa shape index (κ3) is 2.23. The summed E-state index contributed by atoms with van der Waals surface area (Å²) in [5, 5.41) is 9.12. The summed E-state index contributed by atoms with van der Waals surface area (Å²) in [6, 6.07) is 6.36. The van der Waals surface area contributed by atoms with Crippen molar-refractivity contribution in [3.8, 4) is 11.5 Å². The molecule has 2 rings (SSSR count). The van der Waals surface area contributed by atoms with Gasteiger partial charge in [0.15, 0.2) is 16.5 Å². The van der Waals surface area contributed by atoms with Crippen LogP contribution in [0.1, 0.15) is 0 Å². The highest BCUT2D eigenvalue weighted by molar-refractivity contribution is 7.94. The molecule has 0 fully saturated rings. The van der Waals surface area contributed by atoms with Crippen LogP contribution in [0.2, 0.25) is 0 Å². The fraction of sp³-hybridized carbons (Fsp3) is 0.100. The van der Waals surface area contributed by atoms with E-state index in [0.29, 0.717) is 0 Å².